The van der Waals surface area contributed by atoms with Crippen LogP contribution in [0.1, 0.15) is 68.3 Å². The number of nitrogens with zero attached hydrogens (tertiary/aromatic N) is 2. The zero-order valence-corrected chi connectivity index (χ0v) is 26.2. The Labute approximate surface area is 260 Å². The van der Waals surface area contributed by atoms with Crippen LogP contribution in [0.5, 0.6) is 17.2 Å². The Kier molecular flexibility index (Phi) is 8.31. The van der Waals surface area contributed by atoms with Crippen LogP contribution in [-0.4, -0.2) is 41.1 Å². The van der Waals surface area contributed by atoms with Crippen LogP contribution in [0.3, 0.4) is 0 Å². The second-order valence-corrected chi connectivity index (χ2v) is 12.3. The lowest BCUT2D eigenvalue weighted by Crippen LogP contribution is -2.29. The number of thiazole rings is 1. The van der Waals surface area contributed by atoms with Crippen molar-refractivity contribution in [1.82, 2.24) is 4.98 Å². The largest absolute Gasteiger partial charge is 0.507 e. The van der Waals surface area contributed by atoms with Crippen LogP contribution in [0.15, 0.2) is 60.2 Å². The first-order valence-electron chi connectivity index (χ1n) is 15.2. The van der Waals surface area contributed by atoms with Crippen molar-refractivity contribution in [3.63, 3.8) is 0 Å². The molecule has 3 heterocycles. The lowest BCUT2D eigenvalue weighted by Gasteiger charge is -2.24. The van der Waals surface area contributed by atoms with Gasteiger partial charge >= 0.3 is 5.91 Å². The van der Waals surface area contributed by atoms with Crippen LogP contribution in [0.2, 0.25) is 0 Å². The van der Waals surface area contributed by atoms with E-state index in [-0.39, 0.29) is 17.4 Å². The number of ether oxygens (including phenoxy) is 3. The summed E-state index contributed by atoms with van der Waals surface area (Å²) in [5, 5.41) is 12.1. The first kappa shape index (κ1) is 29.7. The highest BCUT2D eigenvalue weighted by molar-refractivity contribution is 7.22. The number of ketones is 1. The highest BCUT2D eigenvalue weighted by atomic mass is 32.1. The van der Waals surface area contributed by atoms with Gasteiger partial charge in [0.05, 0.1) is 35.0 Å². The van der Waals surface area contributed by atoms with Crippen molar-refractivity contribution < 1.29 is 28.9 Å². The van der Waals surface area contributed by atoms with Gasteiger partial charge in [-0.1, -0.05) is 43.2 Å². The van der Waals surface area contributed by atoms with Gasteiger partial charge in [-0.2, -0.15) is 0 Å². The third-order valence-electron chi connectivity index (χ3n) is 7.94. The number of rotatable bonds is 10. The van der Waals surface area contributed by atoms with E-state index in [1.54, 1.807) is 18.2 Å². The number of aryl methyl sites for hydroxylation is 1. The summed E-state index contributed by atoms with van der Waals surface area (Å²) in [6.07, 6.45) is 3.78. The van der Waals surface area contributed by atoms with Crippen molar-refractivity contribution >= 4 is 44.1 Å². The summed E-state index contributed by atoms with van der Waals surface area (Å²) in [5.74, 6) is 0.0939. The van der Waals surface area contributed by atoms with Gasteiger partial charge in [-0.25, -0.2) is 4.98 Å². The van der Waals surface area contributed by atoms with Gasteiger partial charge in [0.25, 0.3) is 5.78 Å². The Hall–Kier alpha value is -4.37. The lowest BCUT2D eigenvalue weighted by atomic mass is 9.94. The van der Waals surface area contributed by atoms with Gasteiger partial charge in [-0.05, 0) is 86.3 Å². The Morgan fingerprint density at radius 2 is 1.89 bits per heavy atom. The number of anilines is 1. The fourth-order valence-electron chi connectivity index (χ4n) is 5.81. The van der Waals surface area contributed by atoms with Crippen molar-refractivity contribution in [2.75, 3.05) is 18.1 Å². The zero-order valence-electron chi connectivity index (χ0n) is 25.4. The second-order valence-electron chi connectivity index (χ2n) is 11.3. The Morgan fingerprint density at radius 1 is 1.05 bits per heavy atom. The van der Waals surface area contributed by atoms with E-state index in [9.17, 15) is 14.7 Å². The number of hydrogen-bond donors (Lipinski definition) is 1. The van der Waals surface area contributed by atoms with Crippen molar-refractivity contribution in [1.29, 1.82) is 0 Å². The molecule has 4 aromatic rings. The topological polar surface area (TPSA) is 98.2 Å². The van der Waals surface area contributed by atoms with E-state index in [0.717, 1.165) is 46.4 Å². The predicted octanol–water partition coefficient (Wildman–Crippen LogP) is 7.52. The molecule has 1 fully saturated rings. The van der Waals surface area contributed by atoms with Crippen molar-refractivity contribution in [3.05, 3.63) is 82.4 Å². The number of benzene rings is 3. The number of Topliss-reactive ketones (excluding diaryl/α,β-unsaturated/α-hetero) is 1. The first-order chi connectivity index (χ1) is 21.3. The molecule has 1 aromatic heterocycles. The molecule has 0 unspecified atom stereocenters. The molecule has 3 aromatic carbocycles. The van der Waals surface area contributed by atoms with Gasteiger partial charge in [0.1, 0.15) is 17.6 Å². The van der Waals surface area contributed by atoms with E-state index in [0.29, 0.717) is 47.4 Å². The molecule has 0 aliphatic carbocycles. The maximum absolute atomic E-state index is 13.8. The van der Waals surface area contributed by atoms with E-state index in [1.807, 2.05) is 57.2 Å². The predicted molar refractivity (Wildman–Crippen MR) is 172 cm³/mol. The number of carbonyl (C=O) groups excluding carboxylic acids is 2. The smallest absolute Gasteiger partial charge is 0.301 e. The minimum atomic E-state index is -0.937. The fourth-order valence-corrected chi connectivity index (χ4v) is 6.90. The van der Waals surface area contributed by atoms with E-state index in [4.69, 9.17) is 19.2 Å². The van der Waals surface area contributed by atoms with E-state index in [1.165, 1.54) is 16.2 Å². The lowest BCUT2D eigenvalue weighted by molar-refractivity contribution is -0.132. The van der Waals surface area contributed by atoms with Crippen LogP contribution in [-0.2, 0) is 16.0 Å². The van der Waals surface area contributed by atoms with Crippen molar-refractivity contribution in [2.45, 2.75) is 65.5 Å². The van der Waals surface area contributed by atoms with E-state index < -0.39 is 17.7 Å². The van der Waals surface area contributed by atoms with Crippen LogP contribution < -0.4 is 19.1 Å². The maximum Gasteiger partial charge on any atom is 0.301 e. The first-order valence-corrected chi connectivity index (χ1v) is 16.0. The van der Waals surface area contributed by atoms with E-state index >= 15 is 0 Å². The minimum Gasteiger partial charge on any atom is -0.507 e. The van der Waals surface area contributed by atoms with Crippen molar-refractivity contribution in [2.24, 2.45) is 0 Å². The summed E-state index contributed by atoms with van der Waals surface area (Å²) >= 11 is 1.34. The van der Waals surface area contributed by atoms with Gasteiger partial charge in [-0.3, -0.25) is 14.5 Å². The number of aliphatic hydroxyl groups excluding tert-OH is 1. The molecule has 228 valence electrons. The Balaban J connectivity index is 1.49. The molecule has 8 nitrogen and oxygen atoms in total. The molecule has 44 heavy (non-hydrogen) atoms. The maximum atomic E-state index is 13.8. The molecule has 2 atom stereocenters. The molecule has 0 bridgehead atoms. The number of aromatic nitrogens is 1. The van der Waals surface area contributed by atoms with Gasteiger partial charge in [0, 0.05) is 12.0 Å². The van der Waals surface area contributed by atoms with Crippen LogP contribution in [0.25, 0.3) is 16.0 Å². The van der Waals surface area contributed by atoms with Gasteiger partial charge in [0.15, 0.2) is 16.6 Å². The molecule has 6 rings (SSSR count). The number of amides is 1. The summed E-state index contributed by atoms with van der Waals surface area (Å²) < 4.78 is 18.8. The fraction of sp³-hybridized carbons (Fsp3) is 0.343. The summed E-state index contributed by atoms with van der Waals surface area (Å²) in [6, 6.07) is 15.7. The minimum absolute atomic E-state index is 0.00332. The zero-order chi connectivity index (χ0) is 31.0. The summed E-state index contributed by atoms with van der Waals surface area (Å²) in [4.78, 5) is 33.8. The van der Waals surface area contributed by atoms with Crippen LogP contribution in [0.4, 0.5) is 5.13 Å². The van der Waals surface area contributed by atoms with Crippen LogP contribution in [0, 0.1) is 6.92 Å². The second kappa shape index (κ2) is 12.3. The number of hydrogen-bond acceptors (Lipinski definition) is 8. The standard InChI is InChI=1S/C35H36N2O6S/c1-5-7-8-15-42-27-14-10-22(19-28(27)41-6-2)31-30(32(38)23-11-13-26-24(18-23)17-21(4)43-26)33(39)34(40)37(31)35-36-25-12-9-20(3)16-29(25)44-35/h9-14,16,18-19,21,31,38H,5-8,15,17H2,1-4H3/t21-,31-/m0/s1. The van der Waals surface area contributed by atoms with E-state index in [2.05, 4.69) is 6.92 Å². The third kappa shape index (κ3) is 5.52. The molecule has 1 amide bonds. The monoisotopic (exact) mass is 612 g/mol. The molecule has 0 radical (unpaired) electrons. The number of fused-ring (bicyclic) bond motifs is 2. The molecule has 0 saturated carbocycles. The number of aliphatic hydroxyl groups is 1. The Morgan fingerprint density at radius 3 is 2.68 bits per heavy atom. The highest BCUT2D eigenvalue weighted by Gasteiger charge is 2.48. The summed E-state index contributed by atoms with van der Waals surface area (Å²) in [7, 11) is 0. The average Bonchev–Trinajstić information content (AvgIpc) is 3.67. The quantitative estimate of drug-likeness (QED) is 0.0856. The molecule has 1 saturated heterocycles. The summed E-state index contributed by atoms with van der Waals surface area (Å²) in [5.41, 5.74) is 3.79. The molecule has 2 aliphatic heterocycles. The normalized spacial score (nSPS) is 19.0. The molecule has 9 heteroatoms. The van der Waals surface area contributed by atoms with Gasteiger partial charge < -0.3 is 19.3 Å². The molecule has 2 aliphatic rings. The molecule has 0 spiro atoms. The van der Waals surface area contributed by atoms with Gasteiger partial charge in [0.2, 0.25) is 0 Å². The van der Waals surface area contributed by atoms with Crippen LogP contribution >= 0.6 is 11.3 Å². The van der Waals surface area contributed by atoms with Gasteiger partial charge in [-0.15, -0.1) is 0 Å². The molecule has 1 N–H and O–H groups in total. The number of unbranched alkanes of at least 4 members (excludes halogenated alkanes) is 2. The number of carbonyl (C=O) groups is 2. The molecular formula is C35H36N2O6S. The average molecular weight is 613 g/mol. The molecular weight excluding hydrogens is 576 g/mol. The highest BCUT2D eigenvalue weighted by Crippen LogP contribution is 2.46. The summed E-state index contributed by atoms with van der Waals surface area (Å²) in [6.45, 7) is 8.97. The SMILES string of the molecule is CCCCCOc1ccc([C@H]2C(=C(O)c3ccc4c(c3)C[C@H](C)O4)C(=O)C(=O)N2c2nc3ccc(C)cc3s2)cc1OCC. The third-order valence-corrected chi connectivity index (χ3v) is 8.96. The van der Waals surface area contributed by atoms with Crippen molar-refractivity contribution in [3.8, 4) is 17.2 Å². The Bertz CT molecular complexity index is 1780.